The molecule has 2 fully saturated rings. The Labute approximate surface area is 144 Å². The number of nitrogens with one attached hydrogen (secondary N) is 1. The van der Waals surface area contributed by atoms with Crippen molar-refractivity contribution in [3.05, 3.63) is 29.8 Å². The van der Waals surface area contributed by atoms with Crippen molar-refractivity contribution in [2.75, 3.05) is 13.7 Å². The Morgan fingerprint density at radius 2 is 2.17 bits per heavy atom. The first-order valence-corrected chi connectivity index (χ1v) is 8.07. The molecule has 3 aliphatic rings. The summed E-state index contributed by atoms with van der Waals surface area (Å²) in [6.45, 7) is 2.23. The van der Waals surface area contributed by atoms with Crippen LogP contribution in [0.5, 0.6) is 5.75 Å². The van der Waals surface area contributed by atoms with Gasteiger partial charge in [-0.05, 0) is 31.2 Å². The Hall–Kier alpha value is -2.03. The molecule has 24 heavy (non-hydrogen) atoms. The summed E-state index contributed by atoms with van der Waals surface area (Å²) >= 11 is 5.04. The fourth-order valence-electron chi connectivity index (χ4n) is 3.13. The Kier molecular flexibility index (Phi) is 3.95. The van der Waals surface area contributed by atoms with Crippen LogP contribution >= 0.6 is 12.2 Å². The van der Waals surface area contributed by atoms with E-state index in [0.717, 1.165) is 17.0 Å². The van der Waals surface area contributed by atoms with Gasteiger partial charge >= 0.3 is 0 Å². The molecule has 126 valence electrons. The average Bonchev–Trinajstić information content (AvgIpc) is 3.21. The number of benzene rings is 1. The Bertz CT molecular complexity index is 719. The maximum Gasteiger partial charge on any atom is 0.200 e. The number of hydrogen-bond acceptors (Lipinski definition) is 7. The predicted molar refractivity (Wildman–Crippen MR) is 91.3 cm³/mol. The molecule has 0 aliphatic carbocycles. The van der Waals surface area contributed by atoms with Crippen LogP contribution in [-0.4, -0.2) is 48.6 Å². The van der Waals surface area contributed by atoms with Gasteiger partial charge in [-0.3, -0.25) is 5.43 Å². The number of oxime groups is 1. The monoisotopic (exact) mass is 347 g/mol. The maximum atomic E-state index is 5.82. The van der Waals surface area contributed by atoms with Gasteiger partial charge in [0.15, 0.2) is 12.4 Å². The summed E-state index contributed by atoms with van der Waals surface area (Å²) in [4.78, 5) is 6.23. The molecule has 2 unspecified atom stereocenters. The Morgan fingerprint density at radius 3 is 2.88 bits per heavy atom. The number of methoxy groups -OCH3 is 1. The lowest BCUT2D eigenvalue weighted by Crippen LogP contribution is -2.49. The summed E-state index contributed by atoms with van der Waals surface area (Å²) in [5.41, 5.74) is 5.30. The zero-order chi connectivity index (χ0) is 16.7. The van der Waals surface area contributed by atoms with Gasteiger partial charge in [0.2, 0.25) is 0 Å². The normalized spacial score (nSPS) is 32.1. The van der Waals surface area contributed by atoms with E-state index in [1.54, 1.807) is 14.0 Å². The molecule has 4 atom stereocenters. The summed E-state index contributed by atoms with van der Waals surface area (Å²) < 4.78 is 16.7. The lowest BCUT2D eigenvalue weighted by Gasteiger charge is -2.30. The van der Waals surface area contributed by atoms with Gasteiger partial charge in [0.05, 0.1) is 30.3 Å². The fourth-order valence-corrected chi connectivity index (χ4v) is 3.18. The first-order valence-electron chi connectivity index (χ1n) is 7.66. The van der Waals surface area contributed by atoms with Crippen LogP contribution in [0, 0.1) is 5.92 Å². The first kappa shape index (κ1) is 15.5. The number of nitrogens with zero attached hydrogens (tertiary/aromatic N) is 2. The highest BCUT2D eigenvalue weighted by Gasteiger charge is 2.55. The number of hydrogen-bond donors (Lipinski definition) is 1. The number of ether oxygens (including phenoxy) is 3. The van der Waals surface area contributed by atoms with E-state index in [1.165, 1.54) is 0 Å². The van der Waals surface area contributed by atoms with E-state index in [4.69, 9.17) is 31.3 Å². The molecule has 2 saturated heterocycles. The van der Waals surface area contributed by atoms with Gasteiger partial charge in [-0.25, -0.2) is 0 Å². The fraction of sp³-hybridized carbons (Fsp3) is 0.438. The number of thiocarbonyl (C=S) groups is 1. The molecular formula is C16H17N3O4S. The van der Waals surface area contributed by atoms with E-state index >= 15 is 0 Å². The highest BCUT2D eigenvalue weighted by atomic mass is 32.1. The maximum absolute atomic E-state index is 5.82. The van der Waals surface area contributed by atoms with Crippen LogP contribution in [0.2, 0.25) is 0 Å². The SMILES string of the molecule is COc1ccc(C2=NO[C@@H]3C4CO[C@H](O4)/C(=N\NC(C)=S)C23)cc1. The Balaban J connectivity index is 1.69. The second kappa shape index (κ2) is 6.12. The van der Waals surface area contributed by atoms with Gasteiger partial charge < -0.3 is 19.0 Å². The molecule has 4 rings (SSSR count). The topological polar surface area (TPSA) is 73.7 Å². The minimum Gasteiger partial charge on any atom is -0.497 e. The molecule has 0 aromatic heterocycles. The third-order valence-electron chi connectivity index (χ3n) is 4.26. The van der Waals surface area contributed by atoms with Gasteiger partial charge in [0, 0.05) is 5.56 Å². The third-order valence-corrected chi connectivity index (χ3v) is 4.35. The molecule has 0 spiro atoms. The summed E-state index contributed by atoms with van der Waals surface area (Å²) in [6, 6.07) is 7.70. The van der Waals surface area contributed by atoms with Crippen molar-refractivity contribution in [3.63, 3.8) is 0 Å². The molecule has 0 amide bonds. The smallest absolute Gasteiger partial charge is 0.200 e. The van der Waals surface area contributed by atoms with Crippen molar-refractivity contribution in [3.8, 4) is 5.75 Å². The van der Waals surface area contributed by atoms with Gasteiger partial charge in [-0.1, -0.05) is 17.4 Å². The van der Waals surface area contributed by atoms with Crippen molar-refractivity contribution in [1.29, 1.82) is 0 Å². The summed E-state index contributed by atoms with van der Waals surface area (Å²) in [5.74, 6) is 0.656. The third kappa shape index (κ3) is 2.56. The van der Waals surface area contributed by atoms with E-state index < -0.39 is 6.29 Å². The van der Waals surface area contributed by atoms with Crippen molar-refractivity contribution in [2.45, 2.75) is 25.4 Å². The summed E-state index contributed by atoms with van der Waals surface area (Å²) in [6.07, 6.45) is -0.887. The molecule has 8 heteroatoms. The molecule has 1 N–H and O–H groups in total. The number of fused-ring (bicyclic) bond motifs is 4. The zero-order valence-electron chi connectivity index (χ0n) is 13.3. The van der Waals surface area contributed by atoms with E-state index in [2.05, 4.69) is 15.7 Å². The highest BCUT2D eigenvalue weighted by molar-refractivity contribution is 7.80. The van der Waals surface area contributed by atoms with Gasteiger partial charge in [0.25, 0.3) is 0 Å². The van der Waals surface area contributed by atoms with E-state index in [0.29, 0.717) is 17.3 Å². The molecular weight excluding hydrogens is 330 g/mol. The van der Waals surface area contributed by atoms with Crippen LogP contribution in [-0.2, 0) is 14.3 Å². The second-order valence-electron chi connectivity index (χ2n) is 5.80. The van der Waals surface area contributed by atoms with Crippen LogP contribution < -0.4 is 10.2 Å². The summed E-state index contributed by atoms with van der Waals surface area (Å²) in [7, 11) is 1.64. The minimum absolute atomic E-state index is 0.133. The number of hydrazone groups is 1. The molecule has 3 heterocycles. The van der Waals surface area contributed by atoms with Crippen LogP contribution in [0.15, 0.2) is 34.5 Å². The van der Waals surface area contributed by atoms with Crippen LogP contribution in [0.1, 0.15) is 12.5 Å². The molecule has 1 aromatic carbocycles. The van der Waals surface area contributed by atoms with Crippen molar-refractivity contribution in [2.24, 2.45) is 16.2 Å². The van der Waals surface area contributed by atoms with Crippen LogP contribution in [0.25, 0.3) is 0 Å². The molecule has 1 aromatic rings. The molecule has 2 bridgehead atoms. The molecule has 7 nitrogen and oxygen atoms in total. The van der Waals surface area contributed by atoms with Crippen LogP contribution in [0.3, 0.4) is 0 Å². The quantitative estimate of drug-likeness (QED) is 0.659. The zero-order valence-corrected chi connectivity index (χ0v) is 14.1. The highest BCUT2D eigenvalue weighted by Crippen LogP contribution is 2.38. The molecule has 3 aliphatic heterocycles. The molecule has 0 saturated carbocycles. The Morgan fingerprint density at radius 1 is 1.38 bits per heavy atom. The molecule has 0 radical (unpaired) electrons. The van der Waals surface area contributed by atoms with E-state index in [-0.39, 0.29) is 18.1 Å². The van der Waals surface area contributed by atoms with Crippen LogP contribution in [0.4, 0.5) is 0 Å². The van der Waals surface area contributed by atoms with Crippen molar-refractivity contribution >= 4 is 28.6 Å². The average molecular weight is 347 g/mol. The summed E-state index contributed by atoms with van der Waals surface area (Å²) in [5, 5.41) is 8.70. The van der Waals surface area contributed by atoms with Gasteiger partial charge in [0.1, 0.15) is 17.6 Å². The van der Waals surface area contributed by atoms with Gasteiger partial charge in [-0.15, -0.1) is 0 Å². The van der Waals surface area contributed by atoms with Crippen molar-refractivity contribution < 1.29 is 19.0 Å². The second-order valence-corrected chi connectivity index (χ2v) is 6.41. The number of rotatable bonds is 3. The largest absolute Gasteiger partial charge is 0.497 e. The minimum atomic E-state index is -0.497. The lowest BCUT2D eigenvalue weighted by atomic mass is 9.84. The van der Waals surface area contributed by atoms with E-state index in [1.807, 2.05) is 24.3 Å². The van der Waals surface area contributed by atoms with Gasteiger partial charge in [-0.2, -0.15) is 5.10 Å². The lowest BCUT2D eigenvalue weighted by molar-refractivity contribution is -0.0812. The van der Waals surface area contributed by atoms with Crippen molar-refractivity contribution in [1.82, 2.24) is 5.43 Å². The first-order chi connectivity index (χ1) is 11.7. The predicted octanol–water partition coefficient (Wildman–Crippen LogP) is 1.46. The van der Waals surface area contributed by atoms with E-state index in [9.17, 15) is 0 Å². The standard InChI is InChI=1S/C16H17N3O4S/c1-8(24)17-18-14-12-13(9-3-5-10(20-2)6-4-9)19-23-15(12)11-7-21-16(14)22-11/h3-6,11-12,15-16H,7H2,1-2H3,(H,17,24)/b18-14-/t11?,12?,15-,16-/m1/s1.